The maximum atomic E-state index is 12.6. The van der Waals surface area contributed by atoms with Crippen molar-refractivity contribution in [2.45, 2.75) is 77.7 Å². The Bertz CT molecular complexity index is 602. The van der Waals surface area contributed by atoms with Gasteiger partial charge in [0.25, 0.3) is 5.91 Å². The van der Waals surface area contributed by atoms with Crippen molar-refractivity contribution in [3.63, 3.8) is 0 Å². The lowest BCUT2D eigenvalue weighted by atomic mass is 9.93. The van der Waals surface area contributed by atoms with E-state index in [-0.39, 0.29) is 17.7 Å². The van der Waals surface area contributed by atoms with Crippen molar-refractivity contribution in [3.8, 4) is 0 Å². The molecule has 1 aromatic rings. The van der Waals surface area contributed by atoms with Gasteiger partial charge in [0.1, 0.15) is 5.76 Å². The van der Waals surface area contributed by atoms with Gasteiger partial charge in [-0.05, 0) is 38.5 Å². The summed E-state index contributed by atoms with van der Waals surface area (Å²) in [6.07, 6.45) is 9.20. The van der Waals surface area contributed by atoms with Crippen molar-refractivity contribution in [3.05, 3.63) is 22.6 Å². The standard InChI is InChI=1S/C19H27NO3/c1-3-4-7-13-8-5-9-14(13)20-19(22)18-12(2)17-15(21)10-6-11-16(17)23-18/h13-14H,3-11H2,1-2H3,(H,20,22). The molecule has 23 heavy (non-hydrogen) atoms. The molecule has 0 radical (unpaired) electrons. The molecule has 1 saturated carbocycles. The minimum atomic E-state index is -0.141. The third kappa shape index (κ3) is 3.22. The summed E-state index contributed by atoms with van der Waals surface area (Å²) in [6, 6.07) is 0.256. The zero-order chi connectivity index (χ0) is 16.4. The molecule has 1 aromatic heterocycles. The molecule has 0 saturated heterocycles. The predicted octanol–water partition coefficient (Wildman–Crippen LogP) is 4.20. The molecule has 1 fully saturated rings. The first-order valence-corrected chi connectivity index (χ1v) is 9.08. The molecule has 1 N–H and O–H groups in total. The van der Waals surface area contributed by atoms with Crippen LogP contribution in [0.1, 0.15) is 90.5 Å². The number of furan rings is 1. The molecule has 4 heteroatoms. The van der Waals surface area contributed by atoms with Gasteiger partial charge in [-0.3, -0.25) is 9.59 Å². The van der Waals surface area contributed by atoms with E-state index in [0.717, 1.165) is 24.8 Å². The fraction of sp³-hybridized carbons (Fsp3) is 0.684. The molecule has 0 aromatic carbocycles. The number of carbonyl (C=O) groups is 2. The lowest BCUT2D eigenvalue weighted by molar-refractivity contribution is 0.0893. The molecule has 2 aliphatic carbocycles. The van der Waals surface area contributed by atoms with Crippen LogP contribution in [0, 0.1) is 12.8 Å². The summed E-state index contributed by atoms with van der Waals surface area (Å²) in [5.41, 5.74) is 1.39. The molecule has 0 bridgehead atoms. The second-order valence-electron chi connectivity index (χ2n) is 7.04. The van der Waals surface area contributed by atoms with Gasteiger partial charge in [-0.25, -0.2) is 0 Å². The number of hydrogen-bond donors (Lipinski definition) is 1. The van der Waals surface area contributed by atoms with E-state index in [1.54, 1.807) is 0 Å². The molecule has 2 aliphatic rings. The highest BCUT2D eigenvalue weighted by molar-refractivity contribution is 6.03. The Morgan fingerprint density at radius 1 is 1.26 bits per heavy atom. The van der Waals surface area contributed by atoms with E-state index in [0.29, 0.717) is 29.4 Å². The van der Waals surface area contributed by atoms with Crippen LogP contribution in [0.3, 0.4) is 0 Å². The molecule has 0 spiro atoms. The number of amides is 1. The summed E-state index contributed by atoms with van der Waals surface area (Å²) >= 11 is 0. The van der Waals surface area contributed by atoms with E-state index in [9.17, 15) is 9.59 Å². The second-order valence-corrected chi connectivity index (χ2v) is 7.04. The Kier molecular flexibility index (Phi) is 4.88. The molecule has 0 aliphatic heterocycles. The number of nitrogens with one attached hydrogen (secondary N) is 1. The molecule has 4 nitrogen and oxygen atoms in total. The number of carbonyl (C=O) groups excluding carboxylic acids is 2. The second kappa shape index (κ2) is 6.90. The van der Waals surface area contributed by atoms with E-state index in [4.69, 9.17) is 4.42 Å². The number of Topliss-reactive ketones (excluding diaryl/α,β-unsaturated/α-hetero) is 1. The van der Waals surface area contributed by atoms with Crippen LogP contribution in [0.15, 0.2) is 4.42 Å². The van der Waals surface area contributed by atoms with Crippen LogP contribution < -0.4 is 5.32 Å². The van der Waals surface area contributed by atoms with Crippen molar-refractivity contribution in [2.75, 3.05) is 0 Å². The molecule has 126 valence electrons. The van der Waals surface area contributed by atoms with Gasteiger partial charge >= 0.3 is 0 Å². The van der Waals surface area contributed by atoms with Gasteiger partial charge in [-0.2, -0.15) is 0 Å². The quantitative estimate of drug-likeness (QED) is 0.885. The first-order valence-electron chi connectivity index (χ1n) is 9.08. The van der Waals surface area contributed by atoms with Crippen LogP contribution in [0.4, 0.5) is 0 Å². The Morgan fingerprint density at radius 3 is 2.83 bits per heavy atom. The Labute approximate surface area is 138 Å². The number of ketones is 1. The van der Waals surface area contributed by atoms with Crippen molar-refractivity contribution in [2.24, 2.45) is 5.92 Å². The zero-order valence-electron chi connectivity index (χ0n) is 14.2. The summed E-state index contributed by atoms with van der Waals surface area (Å²) in [4.78, 5) is 24.7. The van der Waals surface area contributed by atoms with Crippen molar-refractivity contribution in [1.29, 1.82) is 0 Å². The highest BCUT2D eigenvalue weighted by Crippen LogP contribution is 2.32. The fourth-order valence-corrected chi connectivity index (χ4v) is 4.14. The number of fused-ring (bicyclic) bond motifs is 1. The highest BCUT2D eigenvalue weighted by atomic mass is 16.4. The lowest BCUT2D eigenvalue weighted by Crippen LogP contribution is -2.37. The summed E-state index contributed by atoms with van der Waals surface area (Å²) in [6.45, 7) is 4.04. The van der Waals surface area contributed by atoms with Crippen LogP contribution in [-0.2, 0) is 6.42 Å². The van der Waals surface area contributed by atoms with Gasteiger partial charge in [-0.1, -0.05) is 26.2 Å². The van der Waals surface area contributed by atoms with Gasteiger partial charge in [0.2, 0.25) is 0 Å². The van der Waals surface area contributed by atoms with Crippen LogP contribution in [0.2, 0.25) is 0 Å². The maximum absolute atomic E-state index is 12.6. The SMILES string of the molecule is CCCCC1CCCC1NC(=O)c1oc2c(c1C)C(=O)CCC2. The van der Waals surface area contributed by atoms with Crippen LogP contribution in [-0.4, -0.2) is 17.7 Å². The van der Waals surface area contributed by atoms with Gasteiger partial charge in [0, 0.05) is 24.4 Å². The highest BCUT2D eigenvalue weighted by Gasteiger charge is 2.32. The molecule has 3 rings (SSSR count). The van der Waals surface area contributed by atoms with Gasteiger partial charge < -0.3 is 9.73 Å². The predicted molar refractivity (Wildman–Crippen MR) is 88.8 cm³/mol. The smallest absolute Gasteiger partial charge is 0.287 e. The average Bonchev–Trinajstić information content (AvgIpc) is 3.10. The van der Waals surface area contributed by atoms with Crippen LogP contribution >= 0.6 is 0 Å². The summed E-state index contributed by atoms with van der Waals surface area (Å²) in [5.74, 6) is 1.63. The third-order valence-electron chi connectivity index (χ3n) is 5.42. The lowest BCUT2D eigenvalue weighted by Gasteiger charge is -2.20. The Morgan fingerprint density at radius 2 is 2.09 bits per heavy atom. The summed E-state index contributed by atoms with van der Waals surface area (Å²) in [7, 11) is 0. The first kappa shape index (κ1) is 16.3. The molecule has 2 atom stereocenters. The van der Waals surface area contributed by atoms with Crippen molar-refractivity contribution < 1.29 is 14.0 Å². The Balaban J connectivity index is 1.72. The first-order chi connectivity index (χ1) is 11.1. The van der Waals surface area contributed by atoms with E-state index < -0.39 is 0 Å². The van der Waals surface area contributed by atoms with E-state index in [1.807, 2.05) is 6.92 Å². The van der Waals surface area contributed by atoms with Crippen LogP contribution in [0.5, 0.6) is 0 Å². The van der Waals surface area contributed by atoms with Crippen molar-refractivity contribution >= 4 is 11.7 Å². The largest absolute Gasteiger partial charge is 0.455 e. The number of unbranched alkanes of at least 4 members (excludes halogenated alkanes) is 1. The molecule has 1 heterocycles. The topological polar surface area (TPSA) is 59.3 Å². The minimum Gasteiger partial charge on any atom is -0.455 e. The van der Waals surface area contributed by atoms with E-state index >= 15 is 0 Å². The monoisotopic (exact) mass is 317 g/mol. The number of rotatable bonds is 5. The van der Waals surface area contributed by atoms with Gasteiger partial charge in [-0.15, -0.1) is 0 Å². The fourth-order valence-electron chi connectivity index (χ4n) is 4.14. The number of hydrogen-bond acceptors (Lipinski definition) is 3. The maximum Gasteiger partial charge on any atom is 0.287 e. The normalized spacial score (nSPS) is 23.8. The molecule has 2 unspecified atom stereocenters. The van der Waals surface area contributed by atoms with E-state index in [1.165, 1.54) is 32.1 Å². The third-order valence-corrected chi connectivity index (χ3v) is 5.42. The summed E-state index contributed by atoms with van der Waals surface area (Å²) in [5, 5.41) is 3.17. The van der Waals surface area contributed by atoms with Crippen molar-refractivity contribution in [1.82, 2.24) is 5.32 Å². The minimum absolute atomic E-state index is 0.119. The average molecular weight is 317 g/mol. The molecular weight excluding hydrogens is 290 g/mol. The molecular formula is C19H27NO3. The Hall–Kier alpha value is -1.58. The van der Waals surface area contributed by atoms with E-state index in [2.05, 4.69) is 12.2 Å². The summed E-state index contributed by atoms with van der Waals surface area (Å²) < 4.78 is 5.76. The van der Waals surface area contributed by atoms with Gasteiger partial charge in [0.05, 0.1) is 5.56 Å². The molecule has 1 amide bonds. The number of aryl methyl sites for hydroxylation is 1. The van der Waals surface area contributed by atoms with Crippen LogP contribution in [0.25, 0.3) is 0 Å². The zero-order valence-corrected chi connectivity index (χ0v) is 14.2. The van der Waals surface area contributed by atoms with Gasteiger partial charge in [0.15, 0.2) is 11.5 Å².